The van der Waals surface area contributed by atoms with Gasteiger partial charge in [-0.2, -0.15) is 0 Å². The van der Waals surface area contributed by atoms with E-state index in [-0.39, 0.29) is 28.9 Å². The number of carbonyl (C=O) groups excluding carboxylic acids is 2. The Morgan fingerprint density at radius 2 is 1.84 bits per heavy atom. The van der Waals surface area contributed by atoms with Crippen LogP contribution in [-0.2, 0) is 21.5 Å². The molecule has 12 nitrogen and oxygen atoms in total. The number of amides is 2. The maximum atomic E-state index is 13.7. The van der Waals surface area contributed by atoms with E-state index in [1.165, 1.54) is 4.68 Å². The number of hydrogen-bond donors (Lipinski definition) is 3. The first kappa shape index (κ1) is 35.1. The summed E-state index contributed by atoms with van der Waals surface area (Å²) >= 11 is 1.57. The van der Waals surface area contributed by atoms with E-state index >= 15 is 0 Å². The summed E-state index contributed by atoms with van der Waals surface area (Å²) in [6, 6.07) is 11.5. The Morgan fingerprint density at radius 3 is 2.47 bits per heavy atom. The van der Waals surface area contributed by atoms with Gasteiger partial charge < -0.3 is 20.2 Å². The van der Waals surface area contributed by atoms with Crippen molar-refractivity contribution in [3.63, 3.8) is 0 Å². The van der Waals surface area contributed by atoms with Crippen molar-refractivity contribution >= 4 is 45.8 Å². The second-order valence-electron chi connectivity index (χ2n) is 12.6. The quantitative estimate of drug-likeness (QED) is 0.118. The van der Waals surface area contributed by atoms with Crippen LogP contribution in [0.4, 0.5) is 5.69 Å². The molecule has 2 amide bonds. The molecule has 3 aromatic heterocycles. The molecule has 0 saturated heterocycles. The minimum atomic E-state index is -1.13. The molecular weight excluding hydrogens is 644 g/mol. The maximum Gasteiger partial charge on any atom is 0.340 e. The molecule has 2 atom stereocenters. The minimum absolute atomic E-state index is 0.0755. The lowest BCUT2D eigenvalue weighted by molar-refractivity contribution is -0.136. The topological polar surface area (TPSA) is 169 Å². The van der Waals surface area contributed by atoms with Crippen molar-refractivity contribution < 1.29 is 23.9 Å². The number of unbranched alkanes of at least 4 members (excludes halogenated alkanes) is 1. The van der Waals surface area contributed by atoms with Crippen molar-refractivity contribution in [1.82, 2.24) is 25.3 Å². The van der Waals surface area contributed by atoms with Crippen LogP contribution in [0.25, 0.3) is 22.2 Å². The summed E-state index contributed by atoms with van der Waals surface area (Å²) in [6.45, 7) is 11.5. The molecule has 0 unspecified atom stereocenters. The van der Waals surface area contributed by atoms with Crippen LogP contribution in [0.3, 0.4) is 0 Å². The molecule has 0 aliphatic carbocycles. The third-order valence-corrected chi connectivity index (χ3v) is 9.74. The molecule has 49 heavy (non-hydrogen) atoms. The third kappa shape index (κ3) is 7.62. The molecule has 0 fully saturated rings. The molecule has 5 aromatic rings. The number of aliphatic carboxylic acids is 1. The molecule has 0 saturated carbocycles. The normalized spacial score (nSPS) is 13.3. The molecule has 3 N–H and O–H groups in total. The van der Waals surface area contributed by atoms with Crippen LogP contribution in [0, 0.1) is 19.8 Å². The van der Waals surface area contributed by atoms with Crippen molar-refractivity contribution in [2.45, 2.75) is 78.8 Å². The summed E-state index contributed by atoms with van der Waals surface area (Å²) in [5.74, 6) is -1.80. The fourth-order valence-electron chi connectivity index (χ4n) is 5.60. The van der Waals surface area contributed by atoms with Crippen LogP contribution in [0.15, 0.2) is 63.3 Å². The lowest BCUT2D eigenvalue weighted by Crippen LogP contribution is -2.47. The van der Waals surface area contributed by atoms with Gasteiger partial charge in [-0.3, -0.25) is 14.4 Å². The van der Waals surface area contributed by atoms with Gasteiger partial charge in [0.05, 0.1) is 34.4 Å². The molecule has 0 aliphatic heterocycles. The highest BCUT2D eigenvalue weighted by atomic mass is 32.1. The first-order valence-corrected chi connectivity index (χ1v) is 17.0. The third-order valence-electron chi connectivity index (χ3n) is 8.97. The number of carbonyl (C=O) groups is 3. The van der Waals surface area contributed by atoms with Gasteiger partial charge in [0, 0.05) is 33.6 Å². The van der Waals surface area contributed by atoms with Crippen LogP contribution >= 0.6 is 11.3 Å². The molecule has 0 aliphatic rings. The zero-order chi connectivity index (χ0) is 35.5. The van der Waals surface area contributed by atoms with Gasteiger partial charge >= 0.3 is 11.6 Å². The number of rotatable bonds is 13. The zero-order valence-corrected chi connectivity index (χ0v) is 29.2. The summed E-state index contributed by atoms with van der Waals surface area (Å²) in [5.41, 5.74) is 2.42. The Hall–Kier alpha value is -5.17. The number of aryl methyl sites for hydroxylation is 2. The molecule has 0 bridgehead atoms. The second-order valence-corrected chi connectivity index (χ2v) is 13.7. The van der Waals surface area contributed by atoms with Gasteiger partial charge in [0.25, 0.3) is 5.91 Å². The summed E-state index contributed by atoms with van der Waals surface area (Å²) < 4.78 is 6.95. The number of nitrogens with zero attached hydrogens (tertiary/aromatic N) is 4. The van der Waals surface area contributed by atoms with Gasteiger partial charge in [0.2, 0.25) is 5.91 Å². The highest BCUT2D eigenvalue weighted by Gasteiger charge is 2.36. The Bertz CT molecular complexity index is 2060. The lowest BCUT2D eigenvalue weighted by atomic mass is 9.85. The fraction of sp³-hybridized carbons (Fsp3) is 0.361. The highest BCUT2D eigenvalue weighted by Crippen LogP contribution is 2.30. The Labute approximate surface area is 287 Å². The molecule has 0 radical (unpaired) electrons. The van der Waals surface area contributed by atoms with E-state index in [4.69, 9.17) is 4.42 Å². The summed E-state index contributed by atoms with van der Waals surface area (Å²) in [7, 11) is 0. The molecule has 256 valence electrons. The Morgan fingerprint density at radius 1 is 1.10 bits per heavy atom. The first-order chi connectivity index (χ1) is 23.3. The van der Waals surface area contributed by atoms with E-state index in [0.29, 0.717) is 34.3 Å². The number of aromatic nitrogens is 4. The molecule has 0 spiro atoms. The number of benzene rings is 2. The van der Waals surface area contributed by atoms with Gasteiger partial charge in [0.15, 0.2) is 0 Å². The zero-order valence-electron chi connectivity index (χ0n) is 28.4. The van der Waals surface area contributed by atoms with E-state index in [1.807, 2.05) is 52.1 Å². The van der Waals surface area contributed by atoms with Crippen LogP contribution in [0.1, 0.15) is 85.2 Å². The second kappa shape index (κ2) is 14.5. The van der Waals surface area contributed by atoms with Crippen LogP contribution < -0.4 is 16.3 Å². The summed E-state index contributed by atoms with van der Waals surface area (Å²) in [4.78, 5) is 55.5. The number of thiazole rings is 1. The molecular formula is C36H40N6O6S. The van der Waals surface area contributed by atoms with Crippen molar-refractivity contribution in [2.24, 2.45) is 5.92 Å². The smallest absolute Gasteiger partial charge is 0.340 e. The van der Waals surface area contributed by atoms with E-state index in [1.54, 1.807) is 54.8 Å². The lowest BCUT2D eigenvalue weighted by Gasteiger charge is -2.33. The van der Waals surface area contributed by atoms with Crippen molar-refractivity contribution in [2.75, 3.05) is 5.32 Å². The van der Waals surface area contributed by atoms with Gasteiger partial charge in [-0.1, -0.05) is 51.0 Å². The van der Waals surface area contributed by atoms with Crippen molar-refractivity contribution in [3.05, 3.63) is 91.9 Å². The van der Waals surface area contributed by atoms with E-state index < -0.39 is 29.6 Å². The SMILES string of the molecule is CCCC[C@@H](C(=O)Nc1ccc2c(C)c(CC(=O)O)c(=O)oc2c1)n1cc([C@@](C)(NC(=O)c2ccc(-c3csc(C)n3)cc2)C(C)C)nn1. The van der Waals surface area contributed by atoms with Crippen LogP contribution in [-0.4, -0.2) is 42.9 Å². The average molecular weight is 685 g/mol. The molecule has 2 aromatic carbocycles. The van der Waals surface area contributed by atoms with Crippen molar-refractivity contribution in [3.8, 4) is 11.3 Å². The van der Waals surface area contributed by atoms with Gasteiger partial charge in [-0.05, 0) is 62.9 Å². The van der Waals surface area contributed by atoms with Crippen LogP contribution in [0.5, 0.6) is 0 Å². The molecule has 5 rings (SSSR count). The van der Waals surface area contributed by atoms with E-state index in [9.17, 15) is 24.3 Å². The largest absolute Gasteiger partial charge is 0.481 e. The minimum Gasteiger partial charge on any atom is -0.481 e. The Balaban J connectivity index is 1.36. The van der Waals surface area contributed by atoms with Crippen LogP contribution in [0.2, 0.25) is 0 Å². The first-order valence-electron chi connectivity index (χ1n) is 16.2. The van der Waals surface area contributed by atoms with E-state index in [2.05, 4.69) is 25.9 Å². The van der Waals surface area contributed by atoms with Gasteiger partial charge in [-0.25, -0.2) is 14.5 Å². The van der Waals surface area contributed by atoms with Gasteiger partial charge in [0.1, 0.15) is 17.3 Å². The number of fused-ring (bicyclic) bond motifs is 1. The summed E-state index contributed by atoms with van der Waals surface area (Å²) in [6.07, 6.45) is 3.36. The van der Waals surface area contributed by atoms with Crippen molar-refractivity contribution in [1.29, 1.82) is 0 Å². The fourth-order valence-corrected chi connectivity index (χ4v) is 6.22. The Kier molecular flexibility index (Phi) is 10.4. The standard InChI is InChI=1S/C36H40N6O6S/c1-7-8-9-29(34(46)38-25-14-15-26-21(4)27(17-32(43)44)35(47)48-30(26)16-25)42-18-31(40-41-42)36(6,20(2)3)39-33(45)24-12-10-23(11-13-24)28-19-49-22(5)37-28/h10-16,18-20,29H,7-9,17H2,1-6H3,(H,38,46)(H,39,45)(H,43,44)/t29-,36-/m0/s1. The number of carboxylic acids is 1. The number of hydrogen-bond acceptors (Lipinski definition) is 9. The maximum absolute atomic E-state index is 13.7. The highest BCUT2D eigenvalue weighted by molar-refractivity contribution is 7.09. The monoisotopic (exact) mass is 684 g/mol. The molecule has 3 heterocycles. The van der Waals surface area contributed by atoms with E-state index in [0.717, 1.165) is 29.1 Å². The number of nitrogens with one attached hydrogen (secondary N) is 2. The number of carboxylic acid groups (broad SMARTS) is 1. The predicted octanol–water partition coefficient (Wildman–Crippen LogP) is 6.42. The number of anilines is 1. The average Bonchev–Trinajstić information content (AvgIpc) is 3.73. The predicted molar refractivity (Wildman–Crippen MR) is 188 cm³/mol. The summed E-state index contributed by atoms with van der Waals surface area (Å²) in [5, 5.41) is 27.6. The molecule has 13 heteroatoms. The van der Waals surface area contributed by atoms with Gasteiger partial charge in [-0.15, -0.1) is 16.4 Å².